The van der Waals surface area contributed by atoms with Gasteiger partial charge in [-0.3, -0.25) is 14.8 Å². The summed E-state index contributed by atoms with van der Waals surface area (Å²) in [6.45, 7) is 0. The zero-order chi connectivity index (χ0) is 15.1. The van der Waals surface area contributed by atoms with Gasteiger partial charge in [-0.25, -0.2) is 0 Å². The summed E-state index contributed by atoms with van der Waals surface area (Å²) in [5, 5.41) is 0. The molecule has 2 aromatic rings. The highest BCUT2D eigenvalue weighted by molar-refractivity contribution is 5.97. The van der Waals surface area contributed by atoms with Gasteiger partial charge in [-0.15, -0.1) is 0 Å². The minimum absolute atomic E-state index is 0.120. The zero-order valence-corrected chi connectivity index (χ0v) is 12.6. The molecule has 2 fully saturated rings. The third-order valence-electron chi connectivity index (χ3n) is 4.97. The molecule has 0 spiro atoms. The van der Waals surface area contributed by atoms with Crippen LogP contribution in [0.3, 0.4) is 0 Å². The number of aromatic nitrogens is 2. The van der Waals surface area contributed by atoms with Crippen LogP contribution in [0, 0.1) is 0 Å². The summed E-state index contributed by atoms with van der Waals surface area (Å²) in [5.41, 5.74) is 2.30. The molecule has 1 amide bonds. The van der Waals surface area contributed by atoms with Crippen LogP contribution in [0.25, 0.3) is 11.0 Å². The van der Waals surface area contributed by atoms with Crippen LogP contribution in [0.1, 0.15) is 36.0 Å². The molecule has 2 atom stereocenters. The zero-order valence-electron chi connectivity index (χ0n) is 12.6. The van der Waals surface area contributed by atoms with E-state index in [-0.39, 0.29) is 5.91 Å². The van der Waals surface area contributed by atoms with Crippen LogP contribution >= 0.6 is 0 Å². The number of carbonyl (C=O) groups is 1. The first-order valence-electron chi connectivity index (χ1n) is 7.82. The number of ether oxygens (including phenoxy) is 1. The largest absolute Gasteiger partial charge is 0.381 e. The Morgan fingerprint density at radius 3 is 2.50 bits per heavy atom. The summed E-state index contributed by atoms with van der Waals surface area (Å²) in [5.74, 6) is 0.120. The predicted molar refractivity (Wildman–Crippen MR) is 82.5 cm³/mol. The van der Waals surface area contributed by atoms with Gasteiger partial charge in [-0.1, -0.05) is 0 Å². The molecule has 1 aromatic heterocycles. The molecule has 2 unspecified atom stereocenters. The number of benzene rings is 1. The van der Waals surface area contributed by atoms with Gasteiger partial charge in [0, 0.05) is 37.2 Å². The highest BCUT2D eigenvalue weighted by atomic mass is 16.5. The molecule has 1 aromatic carbocycles. The smallest absolute Gasteiger partial charge is 0.254 e. The van der Waals surface area contributed by atoms with E-state index in [0.717, 1.165) is 36.7 Å². The van der Waals surface area contributed by atoms with Crippen molar-refractivity contribution in [3.63, 3.8) is 0 Å². The average molecular weight is 297 g/mol. The van der Waals surface area contributed by atoms with Crippen LogP contribution in [0.2, 0.25) is 0 Å². The lowest BCUT2D eigenvalue weighted by Crippen LogP contribution is -2.48. The Balaban J connectivity index is 1.63. The first-order valence-corrected chi connectivity index (χ1v) is 7.82. The summed E-state index contributed by atoms with van der Waals surface area (Å²) < 4.78 is 5.51. The molecule has 2 saturated heterocycles. The van der Waals surface area contributed by atoms with Crippen molar-refractivity contribution in [2.75, 3.05) is 7.11 Å². The van der Waals surface area contributed by atoms with E-state index in [2.05, 4.69) is 14.9 Å². The highest BCUT2D eigenvalue weighted by Crippen LogP contribution is 2.37. The first kappa shape index (κ1) is 13.6. The second-order valence-electron chi connectivity index (χ2n) is 6.19. The number of hydrogen-bond acceptors (Lipinski definition) is 4. The van der Waals surface area contributed by atoms with Crippen LogP contribution < -0.4 is 0 Å². The van der Waals surface area contributed by atoms with Crippen molar-refractivity contribution < 1.29 is 9.53 Å². The van der Waals surface area contributed by atoms with Crippen molar-refractivity contribution >= 4 is 16.9 Å². The monoisotopic (exact) mass is 297 g/mol. The topological polar surface area (TPSA) is 55.3 Å². The van der Waals surface area contributed by atoms with E-state index in [1.807, 2.05) is 18.2 Å². The first-order chi connectivity index (χ1) is 10.8. The fourth-order valence-corrected chi connectivity index (χ4v) is 3.90. The molecule has 2 aliphatic heterocycles. The van der Waals surface area contributed by atoms with Gasteiger partial charge in [0.25, 0.3) is 5.91 Å². The van der Waals surface area contributed by atoms with Gasteiger partial charge < -0.3 is 9.64 Å². The molecule has 22 heavy (non-hydrogen) atoms. The Hall–Kier alpha value is -2.01. The molecule has 4 rings (SSSR count). The molecular weight excluding hydrogens is 278 g/mol. The van der Waals surface area contributed by atoms with Crippen LogP contribution in [0.15, 0.2) is 30.6 Å². The molecule has 5 heteroatoms. The van der Waals surface area contributed by atoms with Gasteiger partial charge in [0.2, 0.25) is 0 Å². The minimum atomic E-state index is 0.120. The van der Waals surface area contributed by atoms with E-state index in [1.54, 1.807) is 19.5 Å². The van der Waals surface area contributed by atoms with E-state index in [4.69, 9.17) is 4.74 Å². The summed E-state index contributed by atoms with van der Waals surface area (Å²) in [7, 11) is 1.77. The fraction of sp³-hybridized carbons (Fsp3) is 0.471. The molecule has 5 nitrogen and oxygen atoms in total. The third kappa shape index (κ3) is 2.16. The lowest BCUT2D eigenvalue weighted by Gasteiger charge is -2.38. The van der Waals surface area contributed by atoms with Crippen LogP contribution in [-0.4, -0.2) is 46.1 Å². The Labute approximate surface area is 129 Å². The van der Waals surface area contributed by atoms with Crippen LogP contribution in [0.4, 0.5) is 0 Å². The quantitative estimate of drug-likeness (QED) is 0.854. The molecule has 2 aliphatic rings. The van der Waals surface area contributed by atoms with E-state index >= 15 is 0 Å². The molecular formula is C17H19N3O2. The van der Waals surface area contributed by atoms with Crippen LogP contribution in [0.5, 0.6) is 0 Å². The van der Waals surface area contributed by atoms with Crippen molar-refractivity contribution in [3.8, 4) is 0 Å². The predicted octanol–water partition coefficient (Wildman–Crippen LogP) is 2.41. The summed E-state index contributed by atoms with van der Waals surface area (Å²) in [4.78, 5) is 23.6. The number of rotatable bonds is 2. The number of nitrogens with zero attached hydrogens (tertiary/aromatic N) is 3. The van der Waals surface area contributed by atoms with Gasteiger partial charge >= 0.3 is 0 Å². The Bertz CT molecular complexity index is 704. The van der Waals surface area contributed by atoms with E-state index in [0.29, 0.717) is 23.8 Å². The maximum absolute atomic E-state index is 12.9. The summed E-state index contributed by atoms with van der Waals surface area (Å²) in [6, 6.07) is 6.22. The fourth-order valence-electron chi connectivity index (χ4n) is 3.90. The molecule has 114 valence electrons. The van der Waals surface area contributed by atoms with Crippen molar-refractivity contribution in [1.82, 2.24) is 14.9 Å². The van der Waals surface area contributed by atoms with Gasteiger partial charge in [-0.05, 0) is 43.9 Å². The standard InChI is InChI=1S/C17H19N3O2/c1-22-14-9-12-3-4-13(10-14)20(12)17(21)11-2-5-15-16(8-11)19-7-6-18-15/h2,5-8,12-14H,3-4,9-10H2,1H3. The van der Waals surface area contributed by atoms with E-state index in [9.17, 15) is 4.79 Å². The second kappa shape index (κ2) is 5.32. The SMILES string of the molecule is COC1CC2CCC(C1)N2C(=O)c1ccc2nccnc2c1. The highest BCUT2D eigenvalue weighted by Gasteiger charge is 2.43. The number of carbonyl (C=O) groups excluding carboxylic acids is 1. The summed E-state index contributed by atoms with van der Waals surface area (Å²) >= 11 is 0. The number of hydrogen-bond donors (Lipinski definition) is 0. The second-order valence-corrected chi connectivity index (χ2v) is 6.19. The maximum Gasteiger partial charge on any atom is 0.254 e. The molecule has 0 aliphatic carbocycles. The normalized spacial score (nSPS) is 27.3. The van der Waals surface area contributed by atoms with Crippen molar-refractivity contribution in [1.29, 1.82) is 0 Å². The van der Waals surface area contributed by atoms with Gasteiger partial charge in [0.05, 0.1) is 17.1 Å². The Morgan fingerprint density at radius 2 is 1.82 bits per heavy atom. The van der Waals surface area contributed by atoms with E-state index in [1.165, 1.54) is 0 Å². The van der Waals surface area contributed by atoms with Crippen molar-refractivity contribution in [2.45, 2.75) is 43.9 Å². The maximum atomic E-state index is 12.9. The van der Waals surface area contributed by atoms with Crippen molar-refractivity contribution in [2.24, 2.45) is 0 Å². The Kier molecular flexibility index (Phi) is 3.30. The lowest BCUT2D eigenvalue weighted by molar-refractivity contribution is 0.00823. The van der Waals surface area contributed by atoms with Crippen molar-refractivity contribution in [3.05, 3.63) is 36.2 Å². The minimum Gasteiger partial charge on any atom is -0.381 e. The van der Waals surface area contributed by atoms with Crippen LogP contribution in [-0.2, 0) is 4.74 Å². The van der Waals surface area contributed by atoms with E-state index < -0.39 is 0 Å². The van der Waals surface area contributed by atoms with Gasteiger partial charge in [-0.2, -0.15) is 0 Å². The molecule has 0 saturated carbocycles. The number of amides is 1. The number of piperidine rings is 1. The molecule has 0 radical (unpaired) electrons. The average Bonchev–Trinajstić information content (AvgIpc) is 2.83. The molecule has 0 N–H and O–H groups in total. The van der Waals surface area contributed by atoms with Gasteiger partial charge in [0.15, 0.2) is 0 Å². The number of fused-ring (bicyclic) bond motifs is 3. The third-order valence-corrected chi connectivity index (χ3v) is 4.97. The summed E-state index contributed by atoms with van der Waals surface area (Å²) in [6.07, 6.45) is 7.69. The lowest BCUT2D eigenvalue weighted by atomic mass is 9.98. The van der Waals surface area contributed by atoms with Gasteiger partial charge in [0.1, 0.15) is 0 Å². The molecule has 3 heterocycles. The number of methoxy groups -OCH3 is 1. The Morgan fingerprint density at radius 1 is 1.14 bits per heavy atom. The molecule has 2 bridgehead atoms.